The van der Waals surface area contributed by atoms with Crippen molar-refractivity contribution in [3.8, 4) is 0 Å². The molecule has 0 heterocycles. The quantitative estimate of drug-likeness (QED) is 0.120. The summed E-state index contributed by atoms with van der Waals surface area (Å²) in [5.74, 6) is -0.992. The number of nitrogens with one attached hydrogen (secondary N) is 2. The molecule has 0 aliphatic carbocycles. The maximum absolute atomic E-state index is 14.4. The number of rotatable bonds is 24. The second-order valence-electron chi connectivity index (χ2n) is 15.3. The summed E-state index contributed by atoms with van der Waals surface area (Å²) in [4.78, 5) is 47.1. The van der Waals surface area contributed by atoms with Crippen LogP contribution in [0.3, 0.4) is 0 Å². The van der Waals surface area contributed by atoms with Crippen molar-refractivity contribution in [1.82, 2.24) is 25.3 Å². The topological polar surface area (TPSA) is 124 Å². The summed E-state index contributed by atoms with van der Waals surface area (Å²) in [5.41, 5.74) is 1.45. The van der Waals surface area contributed by atoms with Gasteiger partial charge in [0.1, 0.15) is 6.23 Å². The van der Waals surface area contributed by atoms with Gasteiger partial charge in [-0.15, -0.1) is 0 Å². The fourth-order valence-electron chi connectivity index (χ4n) is 7.12. The van der Waals surface area contributed by atoms with Crippen LogP contribution >= 0.6 is 0 Å². The number of unbranched alkanes of at least 4 members (excludes halogenated alkanes) is 1. The van der Waals surface area contributed by atoms with Gasteiger partial charge in [0.05, 0.1) is 48.7 Å². The van der Waals surface area contributed by atoms with E-state index >= 15 is 0 Å². The lowest BCUT2D eigenvalue weighted by molar-refractivity contribution is -0.156. The van der Waals surface area contributed by atoms with Crippen LogP contribution in [-0.2, 0) is 23.9 Å². The van der Waals surface area contributed by atoms with E-state index in [9.17, 15) is 19.5 Å². The molecule has 11 nitrogen and oxygen atoms in total. The van der Waals surface area contributed by atoms with Crippen LogP contribution in [0.15, 0.2) is 42.6 Å². The molecule has 9 atom stereocenters. The summed E-state index contributed by atoms with van der Waals surface area (Å²) in [6.45, 7) is 22.9. The molecule has 11 heteroatoms. The van der Waals surface area contributed by atoms with Crippen LogP contribution in [0, 0.1) is 23.7 Å². The number of methoxy groups -OCH3 is 2. The molecular weight excluding hydrogens is 658 g/mol. The third-order valence-corrected chi connectivity index (χ3v) is 10.4. The Morgan fingerprint density at radius 1 is 0.865 bits per heavy atom. The van der Waals surface area contributed by atoms with E-state index < -0.39 is 30.4 Å². The van der Waals surface area contributed by atoms with E-state index in [0.29, 0.717) is 12.1 Å². The number of likely N-dealkylation sites (N-methyl/N-ethyl adjacent to an activating group) is 2. The summed E-state index contributed by atoms with van der Waals surface area (Å²) in [5, 5.41) is 17.1. The average Bonchev–Trinajstić information content (AvgIpc) is 3.10. The van der Waals surface area contributed by atoms with E-state index in [1.54, 1.807) is 25.9 Å². The molecule has 0 aliphatic rings. The number of aliphatic hydroxyl groups is 1. The molecule has 0 aliphatic heterocycles. The molecule has 9 unspecified atom stereocenters. The number of nitrogens with zero attached hydrogens (tertiary/aromatic N) is 3. The molecule has 52 heavy (non-hydrogen) atoms. The Morgan fingerprint density at radius 2 is 1.46 bits per heavy atom. The first-order chi connectivity index (χ1) is 24.4. The molecular formula is C41H73N5O6. The number of carbonyl (C=O) groups excluding carboxylic acids is 3. The lowest BCUT2D eigenvalue weighted by Gasteiger charge is -2.43. The highest BCUT2D eigenvalue weighted by atomic mass is 16.5. The first-order valence-corrected chi connectivity index (χ1v) is 19.2. The lowest BCUT2D eigenvalue weighted by atomic mass is 9.89. The number of carbonyl (C=O) groups is 3. The van der Waals surface area contributed by atoms with Crippen molar-refractivity contribution in [3.05, 3.63) is 48.2 Å². The normalized spacial score (nSPS) is 17.0. The van der Waals surface area contributed by atoms with Gasteiger partial charge in [-0.05, 0) is 57.7 Å². The van der Waals surface area contributed by atoms with Gasteiger partial charge >= 0.3 is 0 Å². The molecule has 0 spiro atoms. The third-order valence-electron chi connectivity index (χ3n) is 10.4. The first-order valence-electron chi connectivity index (χ1n) is 19.2. The van der Waals surface area contributed by atoms with Gasteiger partial charge in [-0.2, -0.15) is 0 Å². The fourth-order valence-corrected chi connectivity index (χ4v) is 7.12. The molecule has 0 radical (unpaired) electrons. The van der Waals surface area contributed by atoms with Crippen molar-refractivity contribution in [3.63, 3.8) is 0 Å². The molecule has 3 N–H and O–H groups in total. The molecule has 0 aromatic heterocycles. The highest BCUT2D eigenvalue weighted by molar-refractivity contribution is 5.83. The largest absolute Gasteiger partial charge is 0.386 e. The van der Waals surface area contributed by atoms with Gasteiger partial charge in [0.2, 0.25) is 17.7 Å². The van der Waals surface area contributed by atoms with Crippen LogP contribution in [-0.4, -0.2) is 116 Å². The highest BCUT2D eigenvalue weighted by Crippen LogP contribution is 2.28. The number of amides is 3. The van der Waals surface area contributed by atoms with Crippen molar-refractivity contribution < 1.29 is 29.0 Å². The Balaban J connectivity index is 3.35. The predicted octanol–water partition coefficient (Wildman–Crippen LogP) is 5.45. The summed E-state index contributed by atoms with van der Waals surface area (Å²) in [6, 6.07) is 7.76. The molecule has 0 saturated carbocycles. The maximum Gasteiger partial charge on any atom is 0.238 e. The van der Waals surface area contributed by atoms with Crippen molar-refractivity contribution in [1.29, 1.82) is 0 Å². The van der Waals surface area contributed by atoms with E-state index in [4.69, 9.17) is 9.47 Å². The monoisotopic (exact) mass is 732 g/mol. The number of hydrogen-bond acceptors (Lipinski definition) is 8. The minimum Gasteiger partial charge on any atom is -0.386 e. The van der Waals surface area contributed by atoms with Gasteiger partial charge in [-0.25, -0.2) is 0 Å². The van der Waals surface area contributed by atoms with E-state index in [2.05, 4.69) is 56.7 Å². The molecule has 1 aromatic rings. The van der Waals surface area contributed by atoms with E-state index in [0.717, 1.165) is 25.0 Å². The van der Waals surface area contributed by atoms with Gasteiger partial charge in [0.15, 0.2) is 0 Å². The van der Waals surface area contributed by atoms with Gasteiger partial charge in [0, 0.05) is 33.5 Å². The predicted molar refractivity (Wildman–Crippen MR) is 210 cm³/mol. The Hall–Kier alpha value is -2.99. The van der Waals surface area contributed by atoms with Gasteiger partial charge < -0.3 is 35.0 Å². The van der Waals surface area contributed by atoms with Crippen LogP contribution in [0.5, 0.6) is 0 Å². The molecule has 1 rings (SSSR count). The number of hydrogen-bond donors (Lipinski definition) is 3. The second-order valence-corrected chi connectivity index (χ2v) is 15.3. The average molecular weight is 732 g/mol. The van der Waals surface area contributed by atoms with Gasteiger partial charge in [-0.3, -0.25) is 19.3 Å². The van der Waals surface area contributed by atoms with Crippen LogP contribution in [0.2, 0.25) is 0 Å². The number of aliphatic hydroxyl groups excluding tert-OH is 1. The van der Waals surface area contributed by atoms with Crippen LogP contribution in [0.25, 0.3) is 0 Å². The minimum atomic E-state index is -0.893. The van der Waals surface area contributed by atoms with E-state index in [1.807, 2.05) is 70.2 Å². The van der Waals surface area contributed by atoms with E-state index in [-0.39, 0.29) is 60.0 Å². The van der Waals surface area contributed by atoms with Crippen molar-refractivity contribution in [2.24, 2.45) is 23.7 Å². The van der Waals surface area contributed by atoms with Gasteiger partial charge in [0.25, 0.3) is 0 Å². The van der Waals surface area contributed by atoms with Crippen molar-refractivity contribution in [2.75, 3.05) is 41.9 Å². The first kappa shape index (κ1) is 47.0. The van der Waals surface area contributed by atoms with Crippen LogP contribution < -0.4 is 10.6 Å². The smallest absolute Gasteiger partial charge is 0.238 e. The zero-order valence-corrected chi connectivity index (χ0v) is 34.8. The highest BCUT2D eigenvalue weighted by Gasteiger charge is 2.39. The lowest BCUT2D eigenvalue weighted by Crippen LogP contribution is -2.56. The molecule has 3 amide bonds. The zero-order valence-electron chi connectivity index (χ0n) is 34.8. The summed E-state index contributed by atoms with van der Waals surface area (Å²) in [6.07, 6.45) is 0.209. The number of benzene rings is 1. The van der Waals surface area contributed by atoms with Crippen LogP contribution in [0.4, 0.5) is 0 Å². The molecule has 0 bridgehead atoms. The third kappa shape index (κ3) is 13.1. The standard InChI is InChI=1S/C41H73N5O6/c1-16-18-24-46(41(52-15)29(8)39(49)42-30(9)38(48)32-22-20-19-21-23-32)34(47)25-33(51-14)37(28(7)17-2)45(13)31(10)35(26(3)4)43-40(50)36(27(5)6)44(11)12/h19-23,26-30,33,35-38,41,48H,10,16-18,24-25H2,1-9,11-15H3,(H,42,49)(H,43,50). The molecule has 0 saturated heterocycles. The Kier molecular flexibility index (Phi) is 20.7. The molecule has 0 fully saturated rings. The molecule has 298 valence electrons. The number of ether oxygens (including phenoxy) is 2. The second kappa shape index (κ2) is 22.9. The summed E-state index contributed by atoms with van der Waals surface area (Å²) in [7, 11) is 8.92. The Morgan fingerprint density at radius 3 is 1.92 bits per heavy atom. The Labute approximate surface area is 315 Å². The Bertz CT molecular complexity index is 1220. The van der Waals surface area contributed by atoms with E-state index in [1.165, 1.54) is 7.11 Å². The van der Waals surface area contributed by atoms with Crippen LogP contribution in [0.1, 0.15) is 99.7 Å². The van der Waals surface area contributed by atoms with Crippen molar-refractivity contribution >= 4 is 17.7 Å². The van der Waals surface area contributed by atoms with Gasteiger partial charge in [-0.1, -0.05) is 98.2 Å². The maximum atomic E-state index is 14.4. The minimum absolute atomic E-state index is 0.0499. The fraction of sp³-hybridized carbons (Fsp3) is 0.732. The summed E-state index contributed by atoms with van der Waals surface area (Å²) < 4.78 is 12.0. The zero-order chi connectivity index (χ0) is 39.9. The SMILES string of the molecule is C=C(C(NC(=O)C(C(C)C)N(C)C)C(C)C)N(C)C(C(C)CC)C(CC(=O)N(CCCC)C(OC)C(C)C(=O)NC(C)C(O)c1ccccc1)OC. The van der Waals surface area contributed by atoms with Crippen molar-refractivity contribution in [2.45, 2.75) is 131 Å². The summed E-state index contributed by atoms with van der Waals surface area (Å²) >= 11 is 0. The molecule has 1 aromatic carbocycles.